The van der Waals surface area contributed by atoms with Gasteiger partial charge in [-0.3, -0.25) is 0 Å². The van der Waals surface area contributed by atoms with Gasteiger partial charge in [0, 0.05) is 17.1 Å². The van der Waals surface area contributed by atoms with Crippen LogP contribution in [0.4, 0.5) is 8.78 Å². The van der Waals surface area contributed by atoms with Crippen LogP contribution in [0.5, 0.6) is 0 Å². The highest BCUT2D eigenvalue weighted by atomic mass is 35.5. The summed E-state index contributed by atoms with van der Waals surface area (Å²) in [5.41, 5.74) is -0.497. The minimum absolute atomic E-state index is 0.00691. The number of halogens is 3. The maximum atomic E-state index is 13.7. The standard InChI is InChI=1S/C14H10ClF2NO4S/c15-10-2-1-3-11(16)9(10)7-18-23(21,22)13-6-8(14(19)20)4-5-12(13)17/h1-6,18H,7H2,(H,19,20). The van der Waals surface area contributed by atoms with Crippen molar-refractivity contribution >= 4 is 27.6 Å². The molecule has 0 fully saturated rings. The molecule has 2 rings (SSSR count). The van der Waals surface area contributed by atoms with Crippen LogP contribution in [0.25, 0.3) is 0 Å². The highest BCUT2D eigenvalue weighted by Crippen LogP contribution is 2.21. The summed E-state index contributed by atoms with van der Waals surface area (Å²) in [4.78, 5) is 10.0. The first-order chi connectivity index (χ1) is 10.7. The number of benzene rings is 2. The van der Waals surface area contributed by atoms with Gasteiger partial charge in [0.15, 0.2) is 0 Å². The largest absolute Gasteiger partial charge is 0.478 e. The number of hydrogen-bond donors (Lipinski definition) is 2. The van der Waals surface area contributed by atoms with E-state index in [9.17, 15) is 22.0 Å². The van der Waals surface area contributed by atoms with E-state index >= 15 is 0 Å². The number of carbonyl (C=O) groups is 1. The zero-order valence-electron chi connectivity index (χ0n) is 11.4. The summed E-state index contributed by atoms with van der Waals surface area (Å²) in [6, 6.07) is 6.17. The fourth-order valence-corrected chi connectivity index (χ4v) is 3.12. The Kier molecular flexibility index (Phi) is 4.98. The normalized spacial score (nSPS) is 11.4. The fraction of sp³-hybridized carbons (Fsp3) is 0.0714. The van der Waals surface area contributed by atoms with E-state index in [-0.39, 0.29) is 10.6 Å². The Balaban J connectivity index is 2.33. The molecule has 2 aromatic rings. The summed E-state index contributed by atoms with van der Waals surface area (Å²) in [6.07, 6.45) is 0. The average molecular weight is 362 g/mol. The quantitative estimate of drug-likeness (QED) is 0.857. The number of aromatic carboxylic acids is 1. The van der Waals surface area contributed by atoms with E-state index in [0.29, 0.717) is 6.07 Å². The molecular weight excluding hydrogens is 352 g/mol. The average Bonchev–Trinajstić information content (AvgIpc) is 2.46. The topological polar surface area (TPSA) is 83.5 Å². The number of nitrogens with one attached hydrogen (secondary N) is 1. The molecule has 0 radical (unpaired) electrons. The second-order valence-electron chi connectivity index (χ2n) is 4.48. The summed E-state index contributed by atoms with van der Waals surface area (Å²) < 4.78 is 53.5. The van der Waals surface area contributed by atoms with E-state index in [4.69, 9.17) is 16.7 Å². The Morgan fingerprint density at radius 1 is 1.17 bits per heavy atom. The van der Waals surface area contributed by atoms with Crippen LogP contribution < -0.4 is 4.72 Å². The number of hydrogen-bond acceptors (Lipinski definition) is 3. The maximum Gasteiger partial charge on any atom is 0.335 e. The third-order valence-corrected chi connectivity index (χ3v) is 4.74. The predicted octanol–water partition coefficient (Wildman–Crippen LogP) is 2.79. The van der Waals surface area contributed by atoms with E-state index in [0.717, 1.165) is 18.2 Å². The smallest absolute Gasteiger partial charge is 0.335 e. The molecule has 0 aliphatic heterocycles. The molecule has 0 aliphatic rings. The summed E-state index contributed by atoms with van der Waals surface area (Å²) in [5.74, 6) is -3.25. The summed E-state index contributed by atoms with van der Waals surface area (Å²) in [7, 11) is -4.39. The van der Waals surface area contributed by atoms with Gasteiger partial charge < -0.3 is 5.11 Å². The monoisotopic (exact) mass is 361 g/mol. The highest BCUT2D eigenvalue weighted by molar-refractivity contribution is 7.89. The van der Waals surface area contributed by atoms with Gasteiger partial charge in [0.1, 0.15) is 16.5 Å². The van der Waals surface area contributed by atoms with Crippen molar-refractivity contribution in [3.8, 4) is 0 Å². The van der Waals surface area contributed by atoms with Gasteiger partial charge in [0.25, 0.3) is 0 Å². The first kappa shape index (κ1) is 17.3. The molecule has 5 nitrogen and oxygen atoms in total. The third kappa shape index (κ3) is 3.84. The van der Waals surface area contributed by atoms with E-state index in [1.807, 2.05) is 4.72 Å². The van der Waals surface area contributed by atoms with E-state index in [2.05, 4.69) is 0 Å². The van der Waals surface area contributed by atoms with Crippen LogP contribution >= 0.6 is 11.6 Å². The molecule has 0 amide bonds. The molecule has 122 valence electrons. The van der Waals surface area contributed by atoms with Gasteiger partial charge in [-0.2, -0.15) is 0 Å². The van der Waals surface area contributed by atoms with Crippen molar-refractivity contribution in [2.45, 2.75) is 11.4 Å². The zero-order chi connectivity index (χ0) is 17.2. The van der Waals surface area contributed by atoms with E-state index < -0.39 is 44.6 Å². The SMILES string of the molecule is O=C(O)c1ccc(F)c(S(=O)(=O)NCc2c(F)cccc2Cl)c1. The number of carboxylic acids is 1. The zero-order valence-corrected chi connectivity index (χ0v) is 13.0. The number of carboxylic acid groups (broad SMARTS) is 1. The first-order valence-electron chi connectivity index (χ1n) is 6.18. The van der Waals surface area contributed by atoms with Gasteiger partial charge in [-0.25, -0.2) is 26.7 Å². The van der Waals surface area contributed by atoms with E-state index in [1.165, 1.54) is 12.1 Å². The van der Waals surface area contributed by atoms with Gasteiger partial charge in [0.05, 0.1) is 5.56 Å². The maximum absolute atomic E-state index is 13.7. The summed E-state index contributed by atoms with van der Waals surface area (Å²) in [6.45, 7) is -0.509. The lowest BCUT2D eigenvalue weighted by molar-refractivity contribution is 0.0696. The minimum Gasteiger partial charge on any atom is -0.478 e. The molecule has 2 N–H and O–H groups in total. The lowest BCUT2D eigenvalue weighted by Crippen LogP contribution is -2.25. The Morgan fingerprint density at radius 3 is 2.48 bits per heavy atom. The highest BCUT2D eigenvalue weighted by Gasteiger charge is 2.22. The Hall–Kier alpha value is -2.03. The van der Waals surface area contributed by atoms with Crippen LogP contribution in [0, 0.1) is 11.6 Å². The predicted molar refractivity (Wildman–Crippen MR) is 78.8 cm³/mol. The number of rotatable bonds is 5. The van der Waals surface area contributed by atoms with Crippen molar-refractivity contribution in [3.63, 3.8) is 0 Å². The Bertz CT molecular complexity index is 851. The Labute approximate surface area is 135 Å². The van der Waals surface area contributed by atoms with Gasteiger partial charge >= 0.3 is 5.97 Å². The third-order valence-electron chi connectivity index (χ3n) is 2.97. The molecule has 0 heterocycles. The molecule has 0 aliphatic carbocycles. The molecule has 0 saturated heterocycles. The molecule has 2 aromatic carbocycles. The molecule has 0 bridgehead atoms. The second kappa shape index (κ2) is 6.61. The number of sulfonamides is 1. The molecule has 23 heavy (non-hydrogen) atoms. The molecule has 0 atom stereocenters. The second-order valence-corrected chi connectivity index (χ2v) is 6.62. The summed E-state index contributed by atoms with van der Waals surface area (Å²) >= 11 is 5.78. The lowest BCUT2D eigenvalue weighted by atomic mass is 10.2. The van der Waals surface area contributed by atoms with Crippen molar-refractivity contribution in [3.05, 3.63) is 64.2 Å². The van der Waals surface area contributed by atoms with Crippen molar-refractivity contribution < 1.29 is 27.1 Å². The van der Waals surface area contributed by atoms with Gasteiger partial charge in [-0.05, 0) is 30.3 Å². The van der Waals surface area contributed by atoms with Gasteiger partial charge in [-0.15, -0.1) is 0 Å². The minimum atomic E-state index is -4.39. The van der Waals surface area contributed by atoms with Crippen molar-refractivity contribution in [1.29, 1.82) is 0 Å². The van der Waals surface area contributed by atoms with E-state index in [1.54, 1.807) is 0 Å². The first-order valence-corrected chi connectivity index (χ1v) is 8.04. The molecule has 9 heteroatoms. The van der Waals surface area contributed by atoms with Crippen molar-refractivity contribution in [2.24, 2.45) is 0 Å². The molecule has 0 saturated carbocycles. The lowest BCUT2D eigenvalue weighted by Gasteiger charge is -2.10. The van der Waals surface area contributed by atoms with Crippen molar-refractivity contribution in [2.75, 3.05) is 0 Å². The Morgan fingerprint density at radius 2 is 1.87 bits per heavy atom. The van der Waals surface area contributed by atoms with Gasteiger partial charge in [0.2, 0.25) is 10.0 Å². The van der Waals surface area contributed by atoms with Crippen LogP contribution in [0.3, 0.4) is 0 Å². The molecular formula is C14H10ClF2NO4S. The summed E-state index contributed by atoms with van der Waals surface area (Å²) in [5, 5.41) is 8.85. The van der Waals surface area contributed by atoms with Crippen LogP contribution in [0.1, 0.15) is 15.9 Å². The van der Waals surface area contributed by atoms with Gasteiger partial charge in [-0.1, -0.05) is 17.7 Å². The molecule has 0 aromatic heterocycles. The van der Waals surface area contributed by atoms with Crippen LogP contribution in [0.2, 0.25) is 5.02 Å². The molecule has 0 unspecified atom stereocenters. The fourth-order valence-electron chi connectivity index (χ4n) is 1.79. The van der Waals surface area contributed by atoms with Crippen LogP contribution in [-0.4, -0.2) is 19.5 Å². The van der Waals surface area contributed by atoms with Crippen LogP contribution in [-0.2, 0) is 16.6 Å². The van der Waals surface area contributed by atoms with Crippen LogP contribution in [0.15, 0.2) is 41.3 Å². The molecule has 0 spiro atoms. The van der Waals surface area contributed by atoms with Crippen molar-refractivity contribution in [1.82, 2.24) is 4.72 Å².